The van der Waals surface area contributed by atoms with Crippen molar-refractivity contribution < 1.29 is 19.8 Å². The van der Waals surface area contributed by atoms with Gasteiger partial charge >= 0.3 is 11.9 Å². The minimum absolute atomic E-state index is 0.0452. The zero-order valence-corrected chi connectivity index (χ0v) is 8.49. The Labute approximate surface area is 82.4 Å². The molecule has 76 valence electrons. The van der Waals surface area contributed by atoms with Crippen LogP contribution in [0.4, 0.5) is 0 Å². The van der Waals surface area contributed by atoms with E-state index < -0.39 is 23.1 Å². The summed E-state index contributed by atoms with van der Waals surface area (Å²) in [7, 11) is 0. The van der Waals surface area contributed by atoms with Gasteiger partial charge in [0.25, 0.3) is 0 Å². The third-order valence-electron chi connectivity index (χ3n) is 1.81. The summed E-state index contributed by atoms with van der Waals surface area (Å²) in [6, 6.07) is 0. The number of aliphatic carboxylic acids is 2. The highest BCUT2D eigenvalue weighted by Crippen LogP contribution is 2.22. The minimum atomic E-state index is -1.10. The fraction of sp³-hybridized carbons (Fsp3) is 0.750. The van der Waals surface area contributed by atoms with Crippen LogP contribution in [-0.2, 0) is 9.59 Å². The van der Waals surface area contributed by atoms with Crippen LogP contribution < -0.4 is 0 Å². The summed E-state index contributed by atoms with van der Waals surface area (Å²) in [5, 5.41) is 16.8. The molecule has 2 unspecified atom stereocenters. The van der Waals surface area contributed by atoms with Crippen LogP contribution >= 0.6 is 12.6 Å². The smallest absolute Gasteiger partial charge is 0.308 e. The molecular weight excluding hydrogens is 192 g/mol. The van der Waals surface area contributed by atoms with Crippen LogP contribution in [0.15, 0.2) is 0 Å². The molecule has 5 heteroatoms. The second-order valence-corrected chi connectivity index (χ2v) is 3.87. The number of carboxylic acids is 2. The molecule has 2 atom stereocenters. The van der Waals surface area contributed by atoms with Crippen molar-refractivity contribution in [2.75, 3.05) is 0 Å². The van der Waals surface area contributed by atoms with E-state index in [1.165, 1.54) is 0 Å². The molecule has 0 heterocycles. The summed E-state index contributed by atoms with van der Waals surface area (Å²) in [6.07, 6.45) is -0.373. The average Bonchev–Trinajstić information content (AvgIpc) is 1.97. The molecule has 0 amide bonds. The molecule has 0 bridgehead atoms. The van der Waals surface area contributed by atoms with Gasteiger partial charge < -0.3 is 10.2 Å². The molecule has 0 aromatic carbocycles. The van der Waals surface area contributed by atoms with Crippen molar-refractivity contribution in [2.45, 2.75) is 25.5 Å². The number of rotatable bonds is 5. The van der Waals surface area contributed by atoms with Gasteiger partial charge in [0.05, 0.1) is 12.3 Å². The van der Waals surface area contributed by atoms with E-state index in [0.717, 1.165) is 0 Å². The molecule has 13 heavy (non-hydrogen) atoms. The van der Waals surface area contributed by atoms with Gasteiger partial charge in [0.2, 0.25) is 0 Å². The first kappa shape index (κ1) is 12.3. The Morgan fingerprint density at radius 2 is 1.77 bits per heavy atom. The van der Waals surface area contributed by atoms with Gasteiger partial charge in [0.15, 0.2) is 0 Å². The quantitative estimate of drug-likeness (QED) is 0.589. The Balaban J connectivity index is 4.41. The zero-order chi connectivity index (χ0) is 10.6. The lowest BCUT2D eigenvalue weighted by Crippen LogP contribution is -2.30. The van der Waals surface area contributed by atoms with Crippen molar-refractivity contribution in [3.63, 3.8) is 0 Å². The van der Waals surface area contributed by atoms with Gasteiger partial charge in [-0.15, -0.1) is 0 Å². The summed E-state index contributed by atoms with van der Waals surface area (Å²) >= 11 is 4.09. The maximum atomic E-state index is 10.7. The van der Waals surface area contributed by atoms with E-state index >= 15 is 0 Å². The van der Waals surface area contributed by atoms with Crippen molar-refractivity contribution in [1.82, 2.24) is 0 Å². The molecule has 2 N–H and O–H groups in total. The molecule has 0 aliphatic carbocycles. The summed E-state index contributed by atoms with van der Waals surface area (Å²) in [4.78, 5) is 21.0. The maximum Gasteiger partial charge on any atom is 0.308 e. The Hall–Kier alpha value is -0.710. The van der Waals surface area contributed by atoms with Crippen molar-refractivity contribution in [3.8, 4) is 0 Å². The highest BCUT2D eigenvalue weighted by molar-refractivity contribution is 7.81. The molecule has 0 fully saturated rings. The van der Waals surface area contributed by atoms with E-state index in [2.05, 4.69) is 12.6 Å². The van der Waals surface area contributed by atoms with Crippen LogP contribution in [0.1, 0.15) is 20.3 Å². The first-order valence-electron chi connectivity index (χ1n) is 3.99. The molecule has 4 nitrogen and oxygen atoms in total. The predicted molar refractivity (Wildman–Crippen MR) is 51.0 cm³/mol. The first-order chi connectivity index (χ1) is 5.86. The summed E-state index contributed by atoms with van der Waals surface area (Å²) in [5.41, 5.74) is 0. The fourth-order valence-electron chi connectivity index (χ4n) is 1.01. The van der Waals surface area contributed by atoms with Gasteiger partial charge in [-0.3, -0.25) is 9.59 Å². The summed E-state index contributed by atoms with van der Waals surface area (Å²) in [6.45, 7) is 3.63. The summed E-state index contributed by atoms with van der Waals surface area (Å²) < 4.78 is 0. The zero-order valence-electron chi connectivity index (χ0n) is 7.60. The second kappa shape index (κ2) is 5.11. The lowest BCUT2D eigenvalue weighted by Gasteiger charge is -2.20. The molecule has 0 radical (unpaired) electrons. The van der Waals surface area contributed by atoms with Gasteiger partial charge in [-0.05, 0) is 5.92 Å². The fourth-order valence-corrected chi connectivity index (χ4v) is 1.24. The van der Waals surface area contributed by atoms with E-state index in [9.17, 15) is 9.59 Å². The Kier molecular flexibility index (Phi) is 4.83. The van der Waals surface area contributed by atoms with Crippen LogP contribution in [0.2, 0.25) is 0 Å². The van der Waals surface area contributed by atoms with Crippen molar-refractivity contribution >= 4 is 24.6 Å². The number of carbonyl (C=O) groups is 2. The molecule has 0 aliphatic rings. The second-order valence-electron chi connectivity index (χ2n) is 3.28. The normalized spacial score (nSPS) is 15.4. The van der Waals surface area contributed by atoms with E-state index in [4.69, 9.17) is 10.2 Å². The van der Waals surface area contributed by atoms with Crippen LogP contribution in [-0.4, -0.2) is 27.4 Å². The predicted octanol–water partition coefficient (Wildman–Crippen LogP) is 1.12. The summed E-state index contributed by atoms with van der Waals surface area (Å²) in [5.74, 6) is -3.08. The number of hydrogen-bond acceptors (Lipinski definition) is 3. The van der Waals surface area contributed by atoms with Crippen LogP contribution in [0.3, 0.4) is 0 Å². The molecular formula is C8H14O4S. The molecule has 0 saturated carbocycles. The van der Waals surface area contributed by atoms with Gasteiger partial charge in [0.1, 0.15) is 0 Å². The minimum Gasteiger partial charge on any atom is -0.481 e. The number of carboxylic acid groups (broad SMARTS) is 2. The third kappa shape index (κ3) is 4.17. The van der Waals surface area contributed by atoms with Crippen molar-refractivity contribution in [2.24, 2.45) is 11.8 Å². The number of thiol groups is 1. The lowest BCUT2D eigenvalue weighted by atomic mass is 9.93. The highest BCUT2D eigenvalue weighted by Gasteiger charge is 2.29. The van der Waals surface area contributed by atoms with Gasteiger partial charge in [0, 0.05) is 5.25 Å². The van der Waals surface area contributed by atoms with Gasteiger partial charge in [-0.2, -0.15) is 12.6 Å². The Morgan fingerprint density at radius 1 is 1.31 bits per heavy atom. The SMILES string of the molecule is CC(C)C(S)C(CC(=O)O)C(=O)O. The van der Waals surface area contributed by atoms with E-state index in [0.29, 0.717) is 0 Å². The standard InChI is InChI=1S/C8H14O4S/c1-4(2)7(13)5(8(11)12)3-6(9)10/h4-5,7,13H,3H2,1-2H3,(H,9,10)(H,11,12). The monoisotopic (exact) mass is 206 g/mol. The van der Waals surface area contributed by atoms with Gasteiger partial charge in [-0.25, -0.2) is 0 Å². The molecule has 0 aromatic heterocycles. The maximum absolute atomic E-state index is 10.7. The molecule has 0 spiro atoms. The van der Waals surface area contributed by atoms with Crippen LogP contribution in [0.25, 0.3) is 0 Å². The van der Waals surface area contributed by atoms with E-state index in [1.807, 2.05) is 13.8 Å². The Morgan fingerprint density at radius 3 is 2.00 bits per heavy atom. The molecule has 0 aromatic rings. The molecule has 0 rings (SSSR count). The highest BCUT2D eigenvalue weighted by atomic mass is 32.1. The Bertz CT molecular complexity index is 202. The lowest BCUT2D eigenvalue weighted by molar-refractivity contribution is -0.148. The van der Waals surface area contributed by atoms with Crippen LogP contribution in [0.5, 0.6) is 0 Å². The largest absolute Gasteiger partial charge is 0.481 e. The van der Waals surface area contributed by atoms with E-state index in [-0.39, 0.29) is 12.3 Å². The average molecular weight is 206 g/mol. The van der Waals surface area contributed by atoms with Crippen molar-refractivity contribution in [1.29, 1.82) is 0 Å². The topological polar surface area (TPSA) is 74.6 Å². The molecule has 0 aliphatic heterocycles. The van der Waals surface area contributed by atoms with Crippen LogP contribution in [0, 0.1) is 11.8 Å². The first-order valence-corrected chi connectivity index (χ1v) is 4.50. The van der Waals surface area contributed by atoms with Crippen molar-refractivity contribution in [3.05, 3.63) is 0 Å². The molecule has 0 saturated heterocycles. The number of hydrogen-bond donors (Lipinski definition) is 3. The van der Waals surface area contributed by atoms with Gasteiger partial charge in [-0.1, -0.05) is 13.8 Å². The van der Waals surface area contributed by atoms with E-state index in [1.54, 1.807) is 0 Å². The third-order valence-corrected chi connectivity index (χ3v) is 2.76.